The quantitative estimate of drug-likeness (QED) is 0.506. The number of hydrogen-bond donors (Lipinski definition) is 2. The molecule has 0 saturated heterocycles. The fourth-order valence-electron chi connectivity index (χ4n) is 4.42. The van der Waals surface area contributed by atoms with E-state index >= 15 is 0 Å². The summed E-state index contributed by atoms with van der Waals surface area (Å²) in [5.74, 6) is -0.436. The summed E-state index contributed by atoms with van der Waals surface area (Å²) >= 11 is 0. The van der Waals surface area contributed by atoms with Gasteiger partial charge in [0.05, 0.1) is 0 Å². The number of benzene rings is 3. The van der Waals surface area contributed by atoms with E-state index in [1.165, 1.54) is 0 Å². The Kier molecular flexibility index (Phi) is 4.86. The van der Waals surface area contributed by atoms with E-state index in [1.54, 1.807) is 36.4 Å². The molecule has 1 saturated carbocycles. The van der Waals surface area contributed by atoms with Gasteiger partial charge in [-0.25, -0.2) is 0 Å². The van der Waals surface area contributed by atoms with Crippen LogP contribution in [0.5, 0.6) is 0 Å². The Labute approximate surface area is 180 Å². The maximum Gasteiger partial charge on any atom is 0.255 e. The van der Waals surface area contributed by atoms with Crippen molar-refractivity contribution in [2.45, 2.75) is 31.7 Å². The number of fused-ring (bicyclic) bond motifs is 3. The molecule has 1 fully saturated rings. The van der Waals surface area contributed by atoms with Crippen molar-refractivity contribution in [1.82, 2.24) is 5.32 Å². The third-order valence-electron chi connectivity index (χ3n) is 6.08. The van der Waals surface area contributed by atoms with Gasteiger partial charge < -0.3 is 10.6 Å². The lowest BCUT2D eigenvalue weighted by molar-refractivity contribution is 0.0936. The molecule has 0 unspecified atom stereocenters. The van der Waals surface area contributed by atoms with Gasteiger partial charge in [0.2, 0.25) is 0 Å². The first-order valence-corrected chi connectivity index (χ1v) is 10.6. The van der Waals surface area contributed by atoms with E-state index in [0.717, 1.165) is 36.8 Å². The summed E-state index contributed by atoms with van der Waals surface area (Å²) in [6.07, 6.45) is 4.40. The lowest BCUT2D eigenvalue weighted by Gasteiger charge is -2.12. The molecule has 5 rings (SSSR count). The van der Waals surface area contributed by atoms with Crippen LogP contribution in [0.1, 0.15) is 62.3 Å². The highest BCUT2D eigenvalue weighted by Crippen LogP contribution is 2.36. The van der Waals surface area contributed by atoms with Gasteiger partial charge >= 0.3 is 0 Å². The van der Waals surface area contributed by atoms with Gasteiger partial charge in [0, 0.05) is 34.0 Å². The Bertz CT molecular complexity index is 1190. The average molecular weight is 410 g/mol. The molecule has 0 bridgehead atoms. The zero-order chi connectivity index (χ0) is 21.4. The van der Waals surface area contributed by atoms with E-state index in [2.05, 4.69) is 10.6 Å². The van der Waals surface area contributed by atoms with Gasteiger partial charge in [0.25, 0.3) is 11.8 Å². The first-order chi connectivity index (χ1) is 15.1. The van der Waals surface area contributed by atoms with Crippen molar-refractivity contribution in [3.8, 4) is 11.1 Å². The van der Waals surface area contributed by atoms with Crippen molar-refractivity contribution in [1.29, 1.82) is 0 Å². The summed E-state index contributed by atoms with van der Waals surface area (Å²) in [5, 5.41) is 5.90. The van der Waals surface area contributed by atoms with Crippen molar-refractivity contribution in [3.63, 3.8) is 0 Å². The van der Waals surface area contributed by atoms with Crippen LogP contribution in [0.2, 0.25) is 0 Å². The molecular formula is C26H22N2O3. The van der Waals surface area contributed by atoms with E-state index in [0.29, 0.717) is 27.9 Å². The molecule has 31 heavy (non-hydrogen) atoms. The monoisotopic (exact) mass is 410 g/mol. The van der Waals surface area contributed by atoms with Crippen LogP contribution in [0.25, 0.3) is 11.1 Å². The number of nitrogens with one attached hydrogen (secondary N) is 2. The molecule has 2 aliphatic rings. The summed E-state index contributed by atoms with van der Waals surface area (Å²) in [6, 6.07) is 19.8. The molecule has 3 aromatic carbocycles. The van der Waals surface area contributed by atoms with E-state index in [1.807, 2.05) is 30.3 Å². The molecule has 0 heterocycles. The molecule has 154 valence electrons. The van der Waals surface area contributed by atoms with Crippen molar-refractivity contribution in [3.05, 3.63) is 89.0 Å². The summed E-state index contributed by atoms with van der Waals surface area (Å²) in [6.45, 7) is 0. The van der Waals surface area contributed by atoms with Crippen LogP contribution in [-0.2, 0) is 0 Å². The van der Waals surface area contributed by atoms with Gasteiger partial charge in [0.1, 0.15) is 0 Å². The normalized spacial score (nSPS) is 14.8. The van der Waals surface area contributed by atoms with Gasteiger partial charge in [0.15, 0.2) is 5.78 Å². The molecular weight excluding hydrogens is 388 g/mol. The minimum Gasteiger partial charge on any atom is -0.349 e. The van der Waals surface area contributed by atoms with Gasteiger partial charge in [-0.1, -0.05) is 43.2 Å². The Balaban J connectivity index is 1.29. The van der Waals surface area contributed by atoms with Crippen LogP contribution in [-0.4, -0.2) is 23.6 Å². The molecule has 5 nitrogen and oxygen atoms in total. The zero-order valence-electron chi connectivity index (χ0n) is 17.0. The number of anilines is 1. The fourth-order valence-corrected chi connectivity index (χ4v) is 4.42. The zero-order valence-corrected chi connectivity index (χ0v) is 17.0. The molecule has 2 amide bonds. The van der Waals surface area contributed by atoms with E-state index in [-0.39, 0.29) is 23.6 Å². The van der Waals surface area contributed by atoms with Crippen LogP contribution in [0, 0.1) is 0 Å². The molecule has 0 aliphatic heterocycles. The average Bonchev–Trinajstić information content (AvgIpc) is 3.41. The Hall–Kier alpha value is -3.73. The first-order valence-electron chi connectivity index (χ1n) is 10.6. The molecule has 5 heteroatoms. The fraction of sp³-hybridized carbons (Fsp3) is 0.192. The highest BCUT2D eigenvalue weighted by molar-refractivity contribution is 6.22. The summed E-state index contributed by atoms with van der Waals surface area (Å²) in [5.41, 5.74) is 4.57. The van der Waals surface area contributed by atoms with Crippen LogP contribution in [0.4, 0.5) is 5.69 Å². The number of carbonyl (C=O) groups is 3. The minimum atomic E-state index is -0.297. The molecule has 0 radical (unpaired) electrons. The maximum atomic E-state index is 12.7. The van der Waals surface area contributed by atoms with Gasteiger partial charge in [-0.15, -0.1) is 0 Å². The molecule has 0 aromatic heterocycles. The topological polar surface area (TPSA) is 75.3 Å². The van der Waals surface area contributed by atoms with Crippen LogP contribution < -0.4 is 10.6 Å². The number of ketones is 1. The lowest BCUT2D eigenvalue weighted by Crippen LogP contribution is -2.32. The molecule has 0 atom stereocenters. The second kappa shape index (κ2) is 7.84. The third-order valence-corrected chi connectivity index (χ3v) is 6.08. The van der Waals surface area contributed by atoms with E-state index in [4.69, 9.17) is 0 Å². The first kappa shape index (κ1) is 19.2. The number of hydrogen-bond acceptors (Lipinski definition) is 3. The van der Waals surface area contributed by atoms with Gasteiger partial charge in [-0.3, -0.25) is 14.4 Å². The standard InChI is InChI=1S/C26H22N2O3/c29-24-22-8-4-3-7-20(22)21-14-11-17(15-23(21)24)26(31)28-19-12-9-16(10-13-19)25(30)27-18-5-1-2-6-18/h3-4,7-15,18H,1-2,5-6H2,(H,27,30)(H,28,31). The number of rotatable bonds is 4. The van der Waals surface area contributed by atoms with Crippen molar-refractivity contribution in [2.75, 3.05) is 5.32 Å². The summed E-state index contributed by atoms with van der Waals surface area (Å²) in [4.78, 5) is 37.8. The van der Waals surface area contributed by atoms with Gasteiger partial charge in [-0.2, -0.15) is 0 Å². The van der Waals surface area contributed by atoms with Crippen molar-refractivity contribution < 1.29 is 14.4 Å². The molecule has 2 aliphatic carbocycles. The summed E-state index contributed by atoms with van der Waals surface area (Å²) in [7, 11) is 0. The second-order valence-corrected chi connectivity index (χ2v) is 8.12. The Morgan fingerprint density at radius 3 is 2.10 bits per heavy atom. The predicted molar refractivity (Wildman–Crippen MR) is 119 cm³/mol. The van der Waals surface area contributed by atoms with Gasteiger partial charge in [-0.05, 0) is 60.4 Å². The van der Waals surface area contributed by atoms with E-state index < -0.39 is 0 Å². The van der Waals surface area contributed by atoms with Crippen LogP contribution in [0.15, 0.2) is 66.7 Å². The molecule has 3 aromatic rings. The maximum absolute atomic E-state index is 12.7. The summed E-state index contributed by atoms with van der Waals surface area (Å²) < 4.78 is 0. The number of carbonyl (C=O) groups excluding carboxylic acids is 3. The highest BCUT2D eigenvalue weighted by Gasteiger charge is 2.27. The molecule has 2 N–H and O–H groups in total. The molecule has 0 spiro atoms. The van der Waals surface area contributed by atoms with Crippen LogP contribution in [0.3, 0.4) is 0 Å². The second-order valence-electron chi connectivity index (χ2n) is 8.12. The SMILES string of the molecule is O=C(Nc1ccc(C(=O)NC2CCCC2)cc1)c1ccc2c(c1)C(=O)c1ccccc1-2. The lowest BCUT2D eigenvalue weighted by atomic mass is 10.0. The number of amides is 2. The predicted octanol–water partition coefficient (Wildman–Crippen LogP) is 4.82. The van der Waals surface area contributed by atoms with Crippen LogP contribution >= 0.6 is 0 Å². The van der Waals surface area contributed by atoms with E-state index in [9.17, 15) is 14.4 Å². The third kappa shape index (κ3) is 3.63. The smallest absolute Gasteiger partial charge is 0.255 e. The Morgan fingerprint density at radius 1 is 0.710 bits per heavy atom. The van der Waals surface area contributed by atoms with Crippen molar-refractivity contribution >= 4 is 23.3 Å². The Morgan fingerprint density at radius 2 is 1.35 bits per heavy atom. The van der Waals surface area contributed by atoms with Crippen molar-refractivity contribution in [2.24, 2.45) is 0 Å². The largest absolute Gasteiger partial charge is 0.349 e. The highest BCUT2D eigenvalue weighted by atomic mass is 16.2. The minimum absolute atomic E-state index is 0.0575.